The van der Waals surface area contributed by atoms with Gasteiger partial charge in [-0.15, -0.1) is 0 Å². The number of ether oxygens (including phenoxy) is 2. The number of nitrogens with zero attached hydrogens (tertiary/aromatic N) is 1. The van der Waals surface area contributed by atoms with Crippen LogP contribution in [0.4, 0.5) is 4.79 Å². The lowest BCUT2D eigenvalue weighted by atomic mass is 10.1. The molecule has 0 saturated carbocycles. The van der Waals surface area contributed by atoms with Crippen LogP contribution in [0.5, 0.6) is 0 Å². The number of morpholine rings is 1. The highest BCUT2D eigenvalue weighted by atomic mass is 16.6. The van der Waals surface area contributed by atoms with E-state index < -0.39 is 23.7 Å². The number of hydrogen-bond donors (Lipinski definition) is 1. The third-order valence-electron chi connectivity index (χ3n) is 2.27. The minimum absolute atomic E-state index is 0.126. The molecule has 0 spiro atoms. The second kappa shape index (κ2) is 5.35. The summed E-state index contributed by atoms with van der Waals surface area (Å²) in [6.45, 7) is 6.35. The molecule has 0 aromatic rings. The van der Waals surface area contributed by atoms with Gasteiger partial charge in [-0.05, 0) is 20.8 Å². The van der Waals surface area contributed by atoms with Gasteiger partial charge < -0.3 is 14.6 Å². The highest BCUT2D eigenvalue weighted by Crippen LogP contribution is 2.16. The molecule has 1 amide bonds. The zero-order chi connectivity index (χ0) is 13.1. The van der Waals surface area contributed by atoms with Crippen LogP contribution < -0.4 is 0 Å². The van der Waals surface area contributed by atoms with Crippen LogP contribution in [0.3, 0.4) is 0 Å². The lowest BCUT2D eigenvalue weighted by molar-refractivity contribution is -0.139. The van der Waals surface area contributed by atoms with Gasteiger partial charge in [-0.25, -0.2) is 4.79 Å². The van der Waals surface area contributed by atoms with Crippen LogP contribution >= 0.6 is 0 Å². The van der Waals surface area contributed by atoms with E-state index in [1.807, 2.05) is 0 Å². The van der Waals surface area contributed by atoms with Gasteiger partial charge >= 0.3 is 12.1 Å². The molecule has 1 rings (SSSR count). The molecule has 0 unspecified atom stereocenters. The number of amides is 1. The van der Waals surface area contributed by atoms with E-state index in [4.69, 9.17) is 14.6 Å². The summed E-state index contributed by atoms with van der Waals surface area (Å²) in [5, 5.41) is 8.76. The van der Waals surface area contributed by atoms with Gasteiger partial charge in [0, 0.05) is 6.54 Å². The molecular weight excluding hydrogens is 226 g/mol. The molecule has 6 nitrogen and oxygen atoms in total. The average Bonchev–Trinajstić information content (AvgIpc) is 2.14. The second-order valence-corrected chi connectivity index (χ2v) is 5.00. The molecule has 0 aliphatic carbocycles. The first kappa shape index (κ1) is 13.8. The standard InChI is InChI=1S/C11H19NO5/c1-11(2,3)17-10(15)12-4-5-16-7-8(12)6-9(13)14/h8H,4-7H2,1-3H3,(H,13,14)/t8-/m1/s1. The van der Waals surface area contributed by atoms with E-state index in [1.165, 1.54) is 4.90 Å². The summed E-state index contributed by atoms with van der Waals surface area (Å²) < 4.78 is 10.4. The highest BCUT2D eigenvalue weighted by Gasteiger charge is 2.32. The minimum Gasteiger partial charge on any atom is -0.481 e. The van der Waals surface area contributed by atoms with Gasteiger partial charge in [-0.2, -0.15) is 0 Å². The molecule has 1 N–H and O–H groups in total. The Balaban J connectivity index is 2.64. The minimum atomic E-state index is -0.950. The zero-order valence-corrected chi connectivity index (χ0v) is 10.4. The van der Waals surface area contributed by atoms with Gasteiger partial charge in [-0.3, -0.25) is 9.69 Å². The number of hydrogen-bond acceptors (Lipinski definition) is 4. The third kappa shape index (κ3) is 4.60. The predicted octanol–water partition coefficient (Wildman–Crippen LogP) is 1.10. The van der Waals surface area contributed by atoms with Crippen molar-refractivity contribution in [2.45, 2.75) is 38.8 Å². The van der Waals surface area contributed by atoms with Crippen molar-refractivity contribution >= 4 is 12.1 Å². The normalized spacial score (nSPS) is 21.1. The average molecular weight is 245 g/mol. The Morgan fingerprint density at radius 1 is 1.47 bits per heavy atom. The third-order valence-corrected chi connectivity index (χ3v) is 2.27. The van der Waals surface area contributed by atoms with E-state index in [2.05, 4.69) is 0 Å². The van der Waals surface area contributed by atoms with Crippen molar-refractivity contribution in [3.05, 3.63) is 0 Å². The van der Waals surface area contributed by atoms with Crippen molar-refractivity contribution < 1.29 is 24.2 Å². The van der Waals surface area contributed by atoms with Crippen LogP contribution in [0.15, 0.2) is 0 Å². The Morgan fingerprint density at radius 2 is 2.12 bits per heavy atom. The number of carbonyl (C=O) groups is 2. The summed E-state index contributed by atoms with van der Waals surface area (Å²) in [5.74, 6) is -0.950. The van der Waals surface area contributed by atoms with Crippen LogP contribution in [0.25, 0.3) is 0 Å². The molecule has 6 heteroatoms. The van der Waals surface area contributed by atoms with Crippen molar-refractivity contribution in [3.8, 4) is 0 Å². The summed E-state index contributed by atoms with van der Waals surface area (Å²) in [4.78, 5) is 24.0. The van der Waals surface area contributed by atoms with E-state index in [-0.39, 0.29) is 13.0 Å². The molecule has 17 heavy (non-hydrogen) atoms. The fourth-order valence-corrected chi connectivity index (χ4v) is 1.59. The highest BCUT2D eigenvalue weighted by molar-refractivity contribution is 5.72. The van der Waals surface area contributed by atoms with Crippen molar-refractivity contribution in [2.75, 3.05) is 19.8 Å². The van der Waals surface area contributed by atoms with Gasteiger partial charge in [0.2, 0.25) is 0 Å². The van der Waals surface area contributed by atoms with Crippen molar-refractivity contribution in [1.29, 1.82) is 0 Å². The molecule has 1 aliphatic rings. The Kier molecular flexibility index (Phi) is 4.34. The smallest absolute Gasteiger partial charge is 0.410 e. The fraction of sp³-hybridized carbons (Fsp3) is 0.818. The zero-order valence-electron chi connectivity index (χ0n) is 10.4. The first-order valence-electron chi connectivity index (χ1n) is 5.59. The number of rotatable bonds is 2. The fourth-order valence-electron chi connectivity index (χ4n) is 1.59. The second-order valence-electron chi connectivity index (χ2n) is 5.00. The molecule has 1 fully saturated rings. The van der Waals surface area contributed by atoms with Crippen LogP contribution in [0, 0.1) is 0 Å². The molecule has 1 heterocycles. The summed E-state index contributed by atoms with van der Waals surface area (Å²) in [6.07, 6.45) is -0.605. The number of aliphatic carboxylic acids is 1. The number of carboxylic acids is 1. The van der Waals surface area contributed by atoms with Crippen LogP contribution in [-0.2, 0) is 14.3 Å². The Labute approximate surface area is 100 Å². The predicted molar refractivity (Wildman–Crippen MR) is 59.8 cm³/mol. The molecular formula is C11H19NO5. The van der Waals surface area contributed by atoms with Crippen molar-refractivity contribution in [3.63, 3.8) is 0 Å². The summed E-state index contributed by atoms with van der Waals surface area (Å²) in [6, 6.07) is -0.448. The lowest BCUT2D eigenvalue weighted by Crippen LogP contribution is -2.51. The largest absolute Gasteiger partial charge is 0.481 e. The van der Waals surface area contributed by atoms with E-state index in [9.17, 15) is 9.59 Å². The van der Waals surface area contributed by atoms with Crippen molar-refractivity contribution in [2.24, 2.45) is 0 Å². The van der Waals surface area contributed by atoms with Gasteiger partial charge in [0.1, 0.15) is 5.60 Å². The number of carboxylic acid groups (broad SMARTS) is 1. The molecule has 0 bridgehead atoms. The van der Waals surface area contributed by atoms with E-state index >= 15 is 0 Å². The van der Waals surface area contributed by atoms with E-state index in [0.717, 1.165) is 0 Å². The first-order chi connectivity index (χ1) is 7.79. The van der Waals surface area contributed by atoms with Crippen LogP contribution in [-0.4, -0.2) is 53.5 Å². The summed E-state index contributed by atoms with van der Waals surface area (Å²) in [5.41, 5.74) is -0.580. The van der Waals surface area contributed by atoms with Crippen molar-refractivity contribution in [1.82, 2.24) is 4.90 Å². The SMILES string of the molecule is CC(C)(C)OC(=O)N1CCOC[C@H]1CC(=O)O. The molecule has 1 saturated heterocycles. The molecule has 0 aromatic heterocycles. The maximum Gasteiger partial charge on any atom is 0.410 e. The Bertz CT molecular complexity index is 297. The Morgan fingerprint density at radius 3 is 2.65 bits per heavy atom. The molecule has 1 atom stereocenters. The molecule has 0 aromatic carbocycles. The molecule has 1 aliphatic heterocycles. The van der Waals surface area contributed by atoms with Gasteiger partial charge in [0.25, 0.3) is 0 Å². The number of carbonyl (C=O) groups excluding carboxylic acids is 1. The monoisotopic (exact) mass is 245 g/mol. The quantitative estimate of drug-likeness (QED) is 0.788. The van der Waals surface area contributed by atoms with Crippen LogP contribution in [0.2, 0.25) is 0 Å². The lowest BCUT2D eigenvalue weighted by Gasteiger charge is -2.35. The Hall–Kier alpha value is -1.30. The maximum absolute atomic E-state index is 11.9. The topological polar surface area (TPSA) is 76.1 Å². The van der Waals surface area contributed by atoms with E-state index in [0.29, 0.717) is 13.2 Å². The summed E-state index contributed by atoms with van der Waals surface area (Å²) >= 11 is 0. The van der Waals surface area contributed by atoms with Gasteiger partial charge in [0.15, 0.2) is 0 Å². The van der Waals surface area contributed by atoms with E-state index in [1.54, 1.807) is 20.8 Å². The first-order valence-corrected chi connectivity index (χ1v) is 5.59. The maximum atomic E-state index is 11.9. The van der Waals surface area contributed by atoms with Gasteiger partial charge in [-0.1, -0.05) is 0 Å². The molecule has 0 radical (unpaired) electrons. The summed E-state index contributed by atoms with van der Waals surface area (Å²) in [7, 11) is 0. The molecule has 98 valence electrons. The van der Waals surface area contributed by atoms with Gasteiger partial charge in [0.05, 0.1) is 25.7 Å². The van der Waals surface area contributed by atoms with Crippen LogP contribution in [0.1, 0.15) is 27.2 Å².